The van der Waals surface area contributed by atoms with E-state index in [-0.39, 0.29) is 11.3 Å². The van der Waals surface area contributed by atoms with Gasteiger partial charge in [0.1, 0.15) is 5.75 Å². The molecule has 0 saturated carbocycles. The highest BCUT2D eigenvalue weighted by Gasteiger charge is 2.19. The first-order chi connectivity index (χ1) is 8.99. The minimum atomic E-state index is -0.00140. The molecule has 19 heavy (non-hydrogen) atoms. The number of fused-ring (bicyclic) bond motifs is 2. The predicted octanol–water partition coefficient (Wildman–Crippen LogP) is 2.27. The topological polar surface area (TPSA) is 68.4 Å². The van der Waals surface area contributed by atoms with Crippen LogP contribution < -0.4 is 4.43 Å². The fourth-order valence-corrected chi connectivity index (χ4v) is 2.23. The Hall–Kier alpha value is -2.56. The molecular weight excluding hydrogens is 244 g/mol. The van der Waals surface area contributed by atoms with Gasteiger partial charge in [-0.3, -0.25) is 0 Å². The first-order valence-corrected chi connectivity index (χ1v) is 5.89. The van der Waals surface area contributed by atoms with E-state index in [0.717, 1.165) is 20.3 Å². The molecule has 0 saturated heterocycles. The maximum absolute atomic E-state index is 12.3. The van der Waals surface area contributed by atoms with Crippen LogP contribution in [0.2, 0.25) is 0 Å². The van der Waals surface area contributed by atoms with Crippen molar-refractivity contribution in [2.45, 2.75) is 13.8 Å². The molecule has 0 unspecified atom stereocenters. The summed E-state index contributed by atoms with van der Waals surface area (Å²) in [6, 6.07) is 7.76. The first kappa shape index (κ1) is 11.5. The van der Waals surface area contributed by atoms with Crippen molar-refractivity contribution in [3.8, 4) is 5.75 Å². The van der Waals surface area contributed by atoms with Crippen LogP contribution in [0.5, 0.6) is 5.75 Å². The van der Waals surface area contributed by atoms with Gasteiger partial charge >= 0.3 is 0 Å². The van der Waals surface area contributed by atoms with E-state index in [1.54, 1.807) is 12.1 Å². The molecule has 2 aromatic carbocycles. The van der Waals surface area contributed by atoms with E-state index in [2.05, 4.69) is 0 Å². The number of benzene rings is 2. The number of aromatic hydroxyl groups is 1. The molecule has 0 atom stereocenters. The molecule has 1 heterocycles. The molecule has 96 valence electrons. The van der Waals surface area contributed by atoms with E-state index in [9.17, 15) is 15.2 Å². The Balaban J connectivity index is 2.65. The fourth-order valence-electron chi connectivity index (χ4n) is 2.23. The molecule has 1 aromatic heterocycles. The SMILES string of the molecule is Cc1cc2c(cc1C)[n+](=O)c1ccc(O)cc1n2O. The van der Waals surface area contributed by atoms with E-state index in [4.69, 9.17) is 0 Å². The number of phenols is 1. The number of hydrogen-bond donors (Lipinski definition) is 2. The maximum atomic E-state index is 12.3. The van der Waals surface area contributed by atoms with Crippen molar-refractivity contribution < 1.29 is 14.7 Å². The first-order valence-electron chi connectivity index (χ1n) is 5.89. The number of rotatable bonds is 0. The summed E-state index contributed by atoms with van der Waals surface area (Å²) in [5.74, 6) is -0.00140. The van der Waals surface area contributed by atoms with Crippen LogP contribution in [0.3, 0.4) is 0 Å². The van der Waals surface area contributed by atoms with Crippen LogP contribution in [0.15, 0.2) is 30.3 Å². The van der Waals surface area contributed by atoms with Gasteiger partial charge in [-0.15, -0.1) is 0 Å². The van der Waals surface area contributed by atoms with E-state index in [0.29, 0.717) is 16.6 Å². The van der Waals surface area contributed by atoms with Gasteiger partial charge in [-0.25, -0.2) is 0 Å². The van der Waals surface area contributed by atoms with E-state index in [1.807, 2.05) is 13.8 Å². The Morgan fingerprint density at radius 1 is 1.00 bits per heavy atom. The molecule has 0 amide bonds. The molecule has 3 rings (SSSR count). The molecule has 0 aliphatic heterocycles. The Bertz CT molecular complexity index is 881. The van der Waals surface area contributed by atoms with Gasteiger partial charge in [0, 0.05) is 23.1 Å². The van der Waals surface area contributed by atoms with Crippen LogP contribution in [0, 0.1) is 18.8 Å². The van der Waals surface area contributed by atoms with Crippen LogP contribution >= 0.6 is 0 Å². The zero-order chi connectivity index (χ0) is 13.7. The van der Waals surface area contributed by atoms with Crippen LogP contribution in [0.1, 0.15) is 11.1 Å². The quantitative estimate of drug-likeness (QED) is 0.369. The lowest BCUT2D eigenvalue weighted by Gasteiger charge is -2.05. The summed E-state index contributed by atoms with van der Waals surface area (Å²) in [6.07, 6.45) is 0. The van der Waals surface area contributed by atoms with Crippen molar-refractivity contribution in [3.63, 3.8) is 0 Å². The van der Waals surface area contributed by atoms with Gasteiger partial charge in [-0.2, -0.15) is 4.73 Å². The van der Waals surface area contributed by atoms with Gasteiger partial charge in [0.25, 0.3) is 11.0 Å². The van der Waals surface area contributed by atoms with Crippen molar-refractivity contribution >= 4 is 22.1 Å². The largest absolute Gasteiger partial charge is 0.508 e. The summed E-state index contributed by atoms with van der Waals surface area (Å²) in [5, 5.41) is 19.7. The van der Waals surface area contributed by atoms with Crippen molar-refractivity contribution in [1.29, 1.82) is 0 Å². The highest BCUT2D eigenvalue weighted by molar-refractivity contribution is 5.83. The van der Waals surface area contributed by atoms with Crippen LogP contribution in [0.4, 0.5) is 0 Å². The minimum Gasteiger partial charge on any atom is -0.508 e. The van der Waals surface area contributed by atoms with Gasteiger partial charge in [0.15, 0.2) is 11.0 Å². The molecule has 3 aromatic rings. The highest BCUT2D eigenvalue weighted by Crippen LogP contribution is 2.22. The zero-order valence-electron chi connectivity index (χ0n) is 10.6. The average molecular weight is 257 g/mol. The fraction of sp³-hybridized carbons (Fsp3) is 0.143. The van der Waals surface area contributed by atoms with Gasteiger partial charge in [-0.1, -0.05) is 0 Å². The maximum Gasteiger partial charge on any atom is 0.290 e. The second kappa shape index (κ2) is 3.71. The average Bonchev–Trinajstić information content (AvgIpc) is 2.38. The third-order valence-electron chi connectivity index (χ3n) is 3.44. The molecule has 5 nitrogen and oxygen atoms in total. The standard InChI is InChI=1S/C14H12N2O3/c1-8-5-12-13(6-9(8)2)16(19)14-7-10(17)3-4-11(14)15(12)18/h3-7,19H,1-2H3/p+1. The highest BCUT2D eigenvalue weighted by atomic mass is 16.5. The summed E-state index contributed by atoms with van der Waals surface area (Å²) in [5.41, 5.74) is 3.34. The third kappa shape index (κ3) is 1.55. The summed E-state index contributed by atoms with van der Waals surface area (Å²) >= 11 is 0. The smallest absolute Gasteiger partial charge is 0.290 e. The van der Waals surface area contributed by atoms with E-state index >= 15 is 0 Å². The number of phenolic OH excluding ortho intramolecular Hbond substituents is 1. The number of hydrogen-bond acceptors (Lipinski definition) is 3. The molecule has 0 spiro atoms. The van der Waals surface area contributed by atoms with Crippen molar-refractivity contribution in [1.82, 2.24) is 4.73 Å². The summed E-state index contributed by atoms with van der Waals surface area (Å²) in [6.45, 7) is 3.83. The van der Waals surface area contributed by atoms with Crippen molar-refractivity contribution in [2.24, 2.45) is 0 Å². The van der Waals surface area contributed by atoms with Crippen LogP contribution in [-0.2, 0) is 0 Å². The molecule has 2 N–H and O–H groups in total. The zero-order valence-corrected chi connectivity index (χ0v) is 10.6. The summed E-state index contributed by atoms with van der Waals surface area (Å²) < 4.78 is 1.70. The second-order valence-electron chi connectivity index (χ2n) is 4.70. The third-order valence-corrected chi connectivity index (χ3v) is 3.44. The number of nitrogens with zero attached hydrogens (tertiary/aromatic N) is 2. The van der Waals surface area contributed by atoms with Crippen LogP contribution in [-0.4, -0.2) is 15.0 Å². The summed E-state index contributed by atoms with van der Waals surface area (Å²) in [4.78, 5) is 12.3. The monoisotopic (exact) mass is 257 g/mol. The normalized spacial score (nSPS) is 11.3. The van der Waals surface area contributed by atoms with Gasteiger partial charge < -0.3 is 10.3 Å². The van der Waals surface area contributed by atoms with Gasteiger partial charge in [0.05, 0.1) is 4.43 Å². The Morgan fingerprint density at radius 3 is 2.37 bits per heavy atom. The van der Waals surface area contributed by atoms with E-state index < -0.39 is 0 Å². The predicted molar refractivity (Wildman–Crippen MR) is 71.1 cm³/mol. The Kier molecular flexibility index (Phi) is 2.25. The summed E-state index contributed by atoms with van der Waals surface area (Å²) in [7, 11) is 0. The minimum absolute atomic E-state index is 0.00140. The molecule has 0 bridgehead atoms. The van der Waals surface area contributed by atoms with Crippen molar-refractivity contribution in [3.05, 3.63) is 46.4 Å². The molecule has 0 radical (unpaired) electrons. The Labute approximate surface area is 108 Å². The van der Waals surface area contributed by atoms with Gasteiger partial charge in [0.2, 0.25) is 0 Å². The lowest BCUT2D eigenvalue weighted by Crippen LogP contribution is -2.20. The molecule has 0 fully saturated rings. The molecule has 0 aliphatic carbocycles. The van der Waals surface area contributed by atoms with Gasteiger partial charge in [-0.05, 0) is 37.1 Å². The molecule has 0 aliphatic rings. The lowest BCUT2D eigenvalue weighted by atomic mass is 10.1. The lowest BCUT2D eigenvalue weighted by molar-refractivity contribution is -0.433. The van der Waals surface area contributed by atoms with E-state index in [1.165, 1.54) is 18.2 Å². The van der Waals surface area contributed by atoms with Crippen molar-refractivity contribution in [2.75, 3.05) is 0 Å². The molecular formula is C14H13N2O3+. The number of aromatic nitrogens is 2. The van der Waals surface area contributed by atoms with Crippen LogP contribution in [0.25, 0.3) is 22.1 Å². The Morgan fingerprint density at radius 2 is 1.63 bits per heavy atom. The molecule has 5 heteroatoms. The second-order valence-corrected chi connectivity index (χ2v) is 4.70. The number of aryl methyl sites for hydroxylation is 2.